The van der Waals surface area contributed by atoms with Crippen molar-refractivity contribution < 1.29 is 24.2 Å². The molecule has 9 nitrogen and oxygen atoms in total. The quantitative estimate of drug-likeness (QED) is 0.0524. The maximum absolute atomic E-state index is 13.7. The second-order valence-electron chi connectivity index (χ2n) is 10.4. The highest BCUT2D eigenvalue weighted by Crippen LogP contribution is 2.45. The summed E-state index contributed by atoms with van der Waals surface area (Å²) in [5.74, 6) is -0.334. The van der Waals surface area contributed by atoms with Crippen molar-refractivity contribution in [3.8, 4) is 11.5 Å². The molecule has 0 radical (unpaired) electrons. The van der Waals surface area contributed by atoms with Crippen LogP contribution in [0.2, 0.25) is 0 Å². The zero-order valence-corrected chi connectivity index (χ0v) is 26.8. The Morgan fingerprint density at radius 3 is 2.41 bits per heavy atom. The number of aryl methyl sites for hydroxylation is 1. The van der Waals surface area contributed by atoms with Crippen LogP contribution in [0.25, 0.3) is 5.76 Å². The Kier molecular flexibility index (Phi) is 9.41. The number of ketones is 1. The lowest BCUT2D eigenvalue weighted by atomic mass is 9.95. The van der Waals surface area contributed by atoms with Gasteiger partial charge in [-0.2, -0.15) is 0 Å². The SMILES string of the molecule is CCOc1cc(C2/C(=C(\O)c3ccncc3)C(=O)C(=O)N2c2nnc(SCc3ccc(C)cc3)s2)ccc1OCc1ccccc1. The number of carbonyl (C=O) groups excluding carboxylic acids is 2. The Hall–Kier alpha value is -5.00. The van der Waals surface area contributed by atoms with Crippen LogP contribution >= 0.6 is 23.1 Å². The Morgan fingerprint density at radius 2 is 1.67 bits per heavy atom. The monoisotopic (exact) mass is 650 g/mol. The molecule has 5 aromatic rings. The van der Waals surface area contributed by atoms with Gasteiger partial charge in [0.1, 0.15) is 12.4 Å². The number of hydrogen-bond acceptors (Lipinski definition) is 10. The van der Waals surface area contributed by atoms with Crippen molar-refractivity contribution in [1.82, 2.24) is 15.2 Å². The predicted molar refractivity (Wildman–Crippen MR) is 178 cm³/mol. The van der Waals surface area contributed by atoms with E-state index in [1.54, 1.807) is 30.3 Å². The number of aromatic nitrogens is 3. The molecule has 1 N–H and O–H groups in total. The number of hydrogen-bond donors (Lipinski definition) is 1. The number of aliphatic hydroxyl groups excluding tert-OH is 1. The van der Waals surface area contributed by atoms with Gasteiger partial charge in [-0.05, 0) is 54.8 Å². The van der Waals surface area contributed by atoms with Gasteiger partial charge in [0.2, 0.25) is 5.13 Å². The summed E-state index contributed by atoms with van der Waals surface area (Å²) in [7, 11) is 0. The van der Waals surface area contributed by atoms with Crippen molar-refractivity contribution in [3.05, 3.63) is 131 Å². The molecule has 2 aromatic heterocycles. The molecule has 1 unspecified atom stereocenters. The van der Waals surface area contributed by atoms with Crippen molar-refractivity contribution in [2.45, 2.75) is 36.6 Å². The second-order valence-corrected chi connectivity index (χ2v) is 12.6. The fourth-order valence-electron chi connectivity index (χ4n) is 5.02. The summed E-state index contributed by atoms with van der Waals surface area (Å²) < 4.78 is 12.7. The summed E-state index contributed by atoms with van der Waals surface area (Å²) in [6.45, 7) is 4.59. The minimum atomic E-state index is -1.00. The fraction of sp³-hybridized carbons (Fsp3) is 0.171. The fourth-order valence-corrected chi connectivity index (χ4v) is 6.84. The molecule has 11 heteroatoms. The van der Waals surface area contributed by atoms with E-state index in [1.807, 2.05) is 44.2 Å². The maximum atomic E-state index is 13.7. The molecule has 1 atom stereocenters. The molecular weight excluding hydrogens is 621 g/mol. The molecule has 46 heavy (non-hydrogen) atoms. The molecule has 0 bridgehead atoms. The maximum Gasteiger partial charge on any atom is 0.301 e. The lowest BCUT2D eigenvalue weighted by Gasteiger charge is -2.23. The molecule has 1 saturated heterocycles. The first kappa shape index (κ1) is 31.0. The van der Waals surface area contributed by atoms with Crippen LogP contribution in [0.4, 0.5) is 5.13 Å². The van der Waals surface area contributed by atoms with Crippen molar-refractivity contribution >= 4 is 45.7 Å². The van der Waals surface area contributed by atoms with E-state index in [4.69, 9.17) is 9.47 Å². The molecule has 1 fully saturated rings. The average molecular weight is 651 g/mol. The van der Waals surface area contributed by atoms with Gasteiger partial charge in [0, 0.05) is 23.7 Å². The van der Waals surface area contributed by atoms with Crippen LogP contribution in [0.15, 0.2) is 107 Å². The number of anilines is 1. The van der Waals surface area contributed by atoms with E-state index in [0.29, 0.717) is 45.9 Å². The smallest absolute Gasteiger partial charge is 0.301 e. The molecule has 0 saturated carbocycles. The predicted octanol–water partition coefficient (Wildman–Crippen LogP) is 7.14. The highest BCUT2D eigenvalue weighted by atomic mass is 32.2. The normalized spacial score (nSPS) is 15.7. The number of thioether (sulfide) groups is 1. The molecular formula is C35H30N4O5S2. The van der Waals surface area contributed by atoms with E-state index < -0.39 is 17.7 Å². The Morgan fingerprint density at radius 1 is 0.913 bits per heavy atom. The zero-order chi connectivity index (χ0) is 32.0. The average Bonchev–Trinajstić information content (AvgIpc) is 3.66. The molecule has 3 heterocycles. The molecule has 1 aliphatic rings. The molecule has 3 aromatic carbocycles. The van der Waals surface area contributed by atoms with E-state index in [0.717, 1.165) is 11.1 Å². The first-order valence-corrected chi connectivity index (χ1v) is 16.4. The highest BCUT2D eigenvalue weighted by Gasteiger charge is 2.48. The molecule has 6 rings (SSSR count). The summed E-state index contributed by atoms with van der Waals surface area (Å²) in [5, 5.41) is 20.3. The van der Waals surface area contributed by atoms with Crippen molar-refractivity contribution in [1.29, 1.82) is 0 Å². The van der Waals surface area contributed by atoms with Gasteiger partial charge in [0.15, 0.2) is 15.8 Å². The van der Waals surface area contributed by atoms with Gasteiger partial charge in [0.25, 0.3) is 5.78 Å². The summed E-state index contributed by atoms with van der Waals surface area (Å²) in [6.07, 6.45) is 3.02. The van der Waals surface area contributed by atoms with Crippen LogP contribution in [0.5, 0.6) is 11.5 Å². The third kappa shape index (κ3) is 6.65. The standard InChI is InChI=1S/C35H30N4O5S2/c1-3-43-28-19-26(13-14-27(28)44-20-23-7-5-4-6-8-23)30-29(31(40)25-15-17-36-18-16-25)32(41)33(42)39(30)34-37-38-35(46-34)45-21-24-11-9-22(2)10-12-24/h4-19,30,40H,3,20-21H2,1-2H3/b31-29+. The van der Waals surface area contributed by atoms with Gasteiger partial charge in [-0.25, -0.2) is 0 Å². The second kappa shape index (κ2) is 14.0. The van der Waals surface area contributed by atoms with Crippen LogP contribution < -0.4 is 14.4 Å². The molecule has 1 aliphatic heterocycles. The van der Waals surface area contributed by atoms with E-state index in [2.05, 4.69) is 39.4 Å². The molecule has 0 aliphatic carbocycles. The van der Waals surface area contributed by atoms with Crippen molar-refractivity contribution in [3.63, 3.8) is 0 Å². The van der Waals surface area contributed by atoms with E-state index >= 15 is 0 Å². The first-order valence-electron chi connectivity index (χ1n) is 14.6. The van der Waals surface area contributed by atoms with Gasteiger partial charge in [-0.15, -0.1) is 10.2 Å². The number of carbonyl (C=O) groups is 2. The van der Waals surface area contributed by atoms with Gasteiger partial charge in [0.05, 0.1) is 18.2 Å². The van der Waals surface area contributed by atoms with Crippen LogP contribution in [0.3, 0.4) is 0 Å². The minimum Gasteiger partial charge on any atom is -0.507 e. The topological polar surface area (TPSA) is 115 Å². The summed E-state index contributed by atoms with van der Waals surface area (Å²) >= 11 is 2.71. The van der Waals surface area contributed by atoms with Crippen LogP contribution in [0.1, 0.15) is 40.8 Å². The van der Waals surface area contributed by atoms with E-state index in [9.17, 15) is 14.7 Å². The number of Topliss-reactive ketones (excluding diaryl/α,β-unsaturated/α-hetero) is 1. The lowest BCUT2D eigenvalue weighted by molar-refractivity contribution is -0.132. The number of rotatable bonds is 11. The summed E-state index contributed by atoms with van der Waals surface area (Å²) in [4.78, 5) is 32.6. The number of aliphatic hydroxyl groups is 1. The van der Waals surface area contributed by atoms with Gasteiger partial charge in [-0.1, -0.05) is 89.3 Å². The van der Waals surface area contributed by atoms with Crippen molar-refractivity contribution in [2.75, 3.05) is 11.5 Å². The number of pyridine rings is 1. The van der Waals surface area contributed by atoms with Crippen molar-refractivity contribution in [2.24, 2.45) is 0 Å². The number of benzene rings is 3. The number of nitrogens with zero attached hydrogens (tertiary/aromatic N) is 4. The number of ether oxygens (including phenoxy) is 2. The summed E-state index contributed by atoms with van der Waals surface area (Å²) in [5.41, 5.74) is 4.13. The third-order valence-corrected chi connectivity index (χ3v) is 9.43. The Bertz CT molecular complexity index is 1880. The van der Waals surface area contributed by atoms with Gasteiger partial charge >= 0.3 is 5.91 Å². The minimum absolute atomic E-state index is 0.0688. The zero-order valence-electron chi connectivity index (χ0n) is 25.1. The lowest BCUT2D eigenvalue weighted by Crippen LogP contribution is -2.29. The van der Waals surface area contributed by atoms with Crippen LogP contribution in [-0.4, -0.2) is 38.6 Å². The Labute approximate surface area is 274 Å². The summed E-state index contributed by atoms with van der Waals surface area (Å²) in [6, 6.07) is 25.4. The molecule has 1 amide bonds. The third-order valence-electron chi connectivity index (χ3n) is 7.30. The van der Waals surface area contributed by atoms with Gasteiger partial charge < -0.3 is 14.6 Å². The largest absolute Gasteiger partial charge is 0.507 e. The first-order chi connectivity index (χ1) is 22.4. The van der Waals surface area contributed by atoms with Crippen LogP contribution in [0, 0.1) is 6.92 Å². The van der Waals surface area contributed by atoms with E-state index in [1.165, 1.54) is 46.0 Å². The van der Waals surface area contributed by atoms with Crippen LogP contribution in [-0.2, 0) is 21.9 Å². The number of amides is 1. The molecule has 232 valence electrons. The highest BCUT2D eigenvalue weighted by molar-refractivity contribution is 8.00. The van der Waals surface area contributed by atoms with E-state index in [-0.39, 0.29) is 16.5 Å². The Balaban J connectivity index is 1.38. The molecule has 0 spiro atoms. The van der Waals surface area contributed by atoms with Gasteiger partial charge in [-0.3, -0.25) is 19.5 Å².